The summed E-state index contributed by atoms with van der Waals surface area (Å²) >= 11 is 0. The maximum Gasteiger partial charge on any atom is 0.273 e. The van der Waals surface area contributed by atoms with E-state index in [-0.39, 0.29) is 5.91 Å². The molecular weight excluding hydrogens is 318 g/mol. The quantitative estimate of drug-likeness (QED) is 0.825. The number of hydrogen-bond acceptors (Lipinski definition) is 5. The van der Waals surface area contributed by atoms with Gasteiger partial charge < -0.3 is 14.5 Å². The zero-order valence-corrected chi connectivity index (χ0v) is 15.0. The Kier molecular flexibility index (Phi) is 5.99. The van der Waals surface area contributed by atoms with Crippen LogP contribution >= 0.6 is 0 Å². The average molecular weight is 345 g/mol. The Morgan fingerprint density at radius 3 is 2.56 bits per heavy atom. The monoisotopic (exact) mass is 345 g/mol. The van der Waals surface area contributed by atoms with Crippen LogP contribution in [0, 0.1) is 5.92 Å². The largest absolute Gasteiger partial charge is 0.379 e. The van der Waals surface area contributed by atoms with Gasteiger partial charge >= 0.3 is 0 Å². The van der Waals surface area contributed by atoms with E-state index < -0.39 is 0 Å². The Balaban J connectivity index is 1.71. The van der Waals surface area contributed by atoms with Gasteiger partial charge in [-0.15, -0.1) is 0 Å². The van der Waals surface area contributed by atoms with E-state index in [1.807, 2.05) is 10.6 Å². The highest BCUT2D eigenvalue weighted by Crippen LogP contribution is 2.19. The summed E-state index contributed by atoms with van der Waals surface area (Å²) in [6.07, 6.45) is 9.11. The van der Waals surface area contributed by atoms with Crippen molar-refractivity contribution in [1.29, 1.82) is 0 Å². The molecule has 0 aliphatic carbocycles. The molecule has 25 heavy (non-hydrogen) atoms. The van der Waals surface area contributed by atoms with Crippen LogP contribution in [0.3, 0.4) is 0 Å². The molecule has 1 aliphatic heterocycles. The van der Waals surface area contributed by atoms with Gasteiger partial charge in [0.25, 0.3) is 5.91 Å². The van der Waals surface area contributed by atoms with Crippen LogP contribution in [0.5, 0.6) is 0 Å². The number of imidazole rings is 1. The van der Waals surface area contributed by atoms with Crippen LogP contribution in [0.2, 0.25) is 0 Å². The minimum absolute atomic E-state index is 0.166. The average Bonchev–Trinajstić information content (AvgIpc) is 3.14. The number of ether oxygens (including phenoxy) is 1. The fourth-order valence-electron chi connectivity index (χ4n) is 3.63. The molecule has 0 unspecified atom stereocenters. The molecule has 7 heteroatoms. The molecule has 2 aromatic heterocycles. The Morgan fingerprint density at radius 2 is 1.88 bits per heavy atom. The van der Waals surface area contributed by atoms with Gasteiger partial charge in [-0.2, -0.15) is 0 Å². The van der Waals surface area contributed by atoms with E-state index in [0.717, 1.165) is 39.1 Å². The van der Waals surface area contributed by atoms with Crippen LogP contribution in [0.15, 0.2) is 24.8 Å². The van der Waals surface area contributed by atoms with Gasteiger partial charge in [0.05, 0.1) is 13.2 Å². The van der Waals surface area contributed by atoms with Gasteiger partial charge in [-0.05, 0) is 5.92 Å². The predicted molar refractivity (Wildman–Crippen MR) is 95.6 cm³/mol. The third-order valence-electron chi connectivity index (χ3n) is 5.11. The molecule has 1 N–H and O–H groups in total. The molecule has 136 valence electrons. The molecule has 1 saturated heterocycles. The summed E-state index contributed by atoms with van der Waals surface area (Å²) in [5.74, 6) is 0.384. The van der Waals surface area contributed by atoms with Crippen molar-refractivity contribution in [2.45, 2.75) is 32.7 Å². The van der Waals surface area contributed by atoms with E-state index in [4.69, 9.17) is 4.74 Å². The second-order valence-electron chi connectivity index (χ2n) is 6.44. The molecule has 1 fully saturated rings. The van der Waals surface area contributed by atoms with Crippen LogP contribution in [0.1, 0.15) is 37.2 Å². The number of nitrogens with one attached hydrogen (secondary N) is 1. The lowest BCUT2D eigenvalue weighted by atomic mass is 9.92. The predicted octanol–water partition coefficient (Wildman–Crippen LogP) is 1.60. The van der Waals surface area contributed by atoms with E-state index >= 15 is 0 Å². The summed E-state index contributed by atoms with van der Waals surface area (Å²) in [4.78, 5) is 23.6. The zero-order chi connectivity index (χ0) is 17.6. The summed E-state index contributed by atoms with van der Waals surface area (Å²) in [6.45, 7) is 8.43. The standard InChI is InChI=1S/C18H27N5O2/c1-3-14(4-2)15(22-9-11-25-12-10-22)13-21-18(24)16-17-20-6-8-23(17)7-5-19-16/h5-8,14-15H,3-4,9-13H2,1-2H3,(H,21,24)/t15-/m1/s1. The molecule has 0 bridgehead atoms. The molecule has 0 saturated carbocycles. The van der Waals surface area contributed by atoms with Crippen molar-refractivity contribution in [1.82, 2.24) is 24.6 Å². The third-order valence-corrected chi connectivity index (χ3v) is 5.11. The van der Waals surface area contributed by atoms with E-state index in [0.29, 0.717) is 29.8 Å². The summed E-state index contributed by atoms with van der Waals surface area (Å²) in [5, 5.41) is 3.09. The van der Waals surface area contributed by atoms with Crippen molar-refractivity contribution >= 4 is 11.6 Å². The Morgan fingerprint density at radius 1 is 1.20 bits per heavy atom. The minimum atomic E-state index is -0.166. The molecule has 2 aromatic rings. The van der Waals surface area contributed by atoms with Crippen LogP contribution < -0.4 is 5.32 Å². The summed E-state index contributed by atoms with van der Waals surface area (Å²) in [5.41, 5.74) is 0.961. The first-order valence-electron chi connectivity index (χ1n) is 9.12. The van der Waals surface area contributed by atoms with E-state index in [1.54, 1.807) is 18.6 Å². The lowest BCUT2D eigenvalue weighted by Gasteiger charge is -2.38. The first-order valence-corrected chi connectivity index (χ1v) is 9.12. The number of fused-ring (bicyclic) bond motifs is 1. The lowest BCUT2D eigenvalue weighted by Crippen LogP contribution is -2.52. The number of hydrogen-bond donors (Lipinski definition) is 1. The van der Waals surface area contributed by atoms with Gasteiger partial charge in [-0.25, -0.2) is 9.97 Å². The summed E-state index contributed by atoms with van der Waals surface area (Å²) in [6, 6.07) is 0.322. The highest BCUT2D eigenvalue weighted by atomic mass is 16.5. The molecule has 3 heterocycles. The van der Waals surface area contributed by atoms with E-state index in [9.17, 15) is 4.79 Å². The first kappa shape index (κ1) is 17.8. The maximum absolute atomic E-state index is 12.7. The Bertz CT molecular complexity index is 692. The lowest BCUT2D eigenvalue weighted by molar-refractivity contribution is 0.00190. The van der Waals surface area contributed by atoms with Crippen molar-refractivity contribution in [3.05, 3.63) is 30.5 Å². The molecule has 0 aromatic carbocycles. The number of morpholine rings is 1. The zero-order valence-electron chi connectivity index (χ0n) is 15.0. The van der Waals surface area contributed by atoms with Crippen molar-refractivity contribution in [2.24, 2.45) is 5.92 Å². The molecule has 1 amide bonds. The summed E-state index contributed by atoms with van der Waals surface area (Å²) in [7, 11) is 0. The van der Waals surface area contributed by atoms with Gasteiger partial charge in [-0.1, -0.05) is 26.7 Å². The van der Waals surface area contributed by atoms with Crippen molar-refractivity contribution in [2.75, 3.05) is 32.8 Å². The SMILES string of the molecule is CCC(CC)[C@@H](CNC(=O)c1nccn2ccnc12)N1CCOCC1. The van der Waals surface area contributed by atoms with Gasteiger partial charge in [0.15, 0.2) is 11.3 Å². The molecule has 0 spiro atoms. The smallest absolute Gasteiger partial charge is 0.273 e. The van der Waals surface area contributed by atoms with Gasteiger partial charge in [0, 0.05) is 50.5 Å². The second kappa shape index (κ2) is 8.40. The molecule has 1 atom stereocenters. The van der Waals surface area contributed by atoms with Crippen LogP contribution in [-0.2, 0) is 4.74 Å². The first-order chi connectivity index (χ1) is 12.2. The number of carbonyl (C=O) groups excluding carboxylic acids is 1. The van der Waals surface area contributed by atoms with Crippen LogP contribution in [0.4, 0.5) is 0 Å². The summed E-state index contributed by atoms with van der Waals surface area (Å²) < 4.78 is 7.29. The van der Waals surface area contributed by atoms with Gasteiger partial charge in [0.1, 0.15) is 0 Å². The molecule has 1 aliphatic rings. The molecular formula is C18H27N5O2. The number of aromatic nitrogens is 3. The topological polar surface area (TPSA) is 71.8 Å². The molecule has 7 nitrogen and oxygen atoms in total. The number of rotatable bonds is 7. The molecule has 3 rings (SSSR count). The second-order valence-corrected chi connectivity index (χ2v) is 6.44. The molecule has 0 radical (unpaired) electrons. The number of amides is 1. The highest BCUT2D eigenvalue weighted by molar-refractivity contribution is 5.97. The van der Waals surface area contributed by atoms with Crippen LogP contribution in [-0.4, -0.2) is 64.1 Å². The van der Waals surface area contributed by atoms with Crippen molar-refractivity contribution < 1.29 is 9.53 Å². The van der Waals surface area contributed by atoms with Crippen molar-refractivity contribution in [3.63, 3.8) is 0 Å². The highest BCUT2D eigenvalue weighted by Gasteiger charge is 2.27. The third kappa shape index (κ3) is 3.99. The Hall–Kier alpha value is -1.99. The van der Waals surface area contributed by atoms with E-state index in [1.165, 1.54) is 0 Å². The number of carbonyl (C=O) groups is 1. The fraction of sp³-hybridized carbons (Fsp3) is 0.611. The van der Waals surface area contributed by atoms with E-state index in [2.05, 4.69) is 34.0 Å². The maximum atomic E-state index is 12.7. The van der Waals surface area contributed by atoms with Gasteiger partial charge in [-0.3, -0.25) is 9.69 Å². The van der Waals surface area contributed by atoms with Gasteiger partial charge in [0.2, 0.25) is 0 Å². The van der Waals surface area contributed by atoms with Crippen LogP contribution in [0.25, 0.3) is 5.65 Å². The number of nitrogens with zero attached hydrogens (tertiary/aromatic N) is 4. The fourth-order valence-corrected chi connectivity index (χ4v) is 3.63. The van der Waals surface area contributed by atoms with Crippen molar-refractivity contribution in [3.8, 4) is 0 Å². The normalized spacial score (nSPS) is 17.1. The minimum Gasteiger partial charge on any atom is -0.379 e. The Labute approximate surface area is 148 Å².